The van der Waals surface area contributed by atoms with E-state index in [1.165, 1.54) is 4.88 Å². The lowest BCUT2D eigenvalue weighted by atomic mass is 9.75. The first-order chi connectivity index (χ1) is 15.1. The molecule has 174 valence electrons. The normalized spacial score (nSPS) is 23.6. The Morgan fingerprint density at radius 2 is 1.88 bits per heavy atom. The van der Waals surface area contributed by atoms with Crippen molar-refractivity contribution in [2.24, 2.45) is 11.3 Å². The third kappa shape index (κ3) is 5.54. The number of nitrogens with zero attached hydrogens (tertiary/aromatic N) is 4. The summed E-state index contributed by atoms with van der Waals surface area (Å²) in [6.07, 6.45) is -0.0188. The van der Waals surface area contributed by atoms with Crippen molar-refractivity contribution in [2.75, 3.05) is 31.1 Å². The van der Waals surface area contributed by atoms with Gasteiger partial charge in [-0.3, -0.25) is 9.69 Å². The van der Waals surface area contributed by atoms with Gasteiger partial charge in [0.25, 0.3) is 0 Å². The van der Waals surface area contributed by atoms with Gasteiger partial charge in [0.15, 0.2) is 0 Å². The molecule has 0 amide bonds. The van der Waals surface area contributed by atoms with E-state index >= 15 is 0 Å². The highest BCUT2D eigenvalue weighted by molar-refractivity contribution is 7.09. The molecule has 2 aromatic rings. The number of aliphatic carboxylic acids is 2. The number of hydrogen-bond donors (Lipinski definition) is 2. The van der Waals surface area contributed by atoms with Crippen molar-refractivity contribution in [1.29, 1.82) is 0 Å². The van der Waals surface area contributed by atoms with Crippen molar-refractivity contribution in [3.63, 3.8) is 0 Å². The maximum atomic E-state index is 12.2. The number of halogens is 3. The molecule has 2 aromatic heterocycles. The van der Waals surface area contributed by atoms with Crippen LogP contribution in [0.4, 0.5) is 19.1 Å². The van der Waals surface area contributed by atoms with Gasteiger partial charge in [-0.25, -0.2) is 14.8 Å². The van der Waals surface area contributed by atoms with Crippen LogP contribution in [0.15, 0.2) is 36.0 Å². The molecule has 12 heteroatoms. The second kappa shape index (κ2) is 9.82. The van der Waals surface area contributed by atoms with E-state index in [1.54, 1.807) is 29.8 Å². The number of thiophene rings is 1. The summed E-state index contributed by atoms with van der Waals surface area (Å²) in [6, 6.07) is 6.01. The Balaban J connectivity index is 0.000000360. The summed E-state index contributed by atoms with van der Waals surface area (Å²) >= 11 is 1.76. The minimum absolute atomic E-state index is 0.0938. The van der Waals surface area contributed by atoms with E-state index in [4.69, 9.17) is 9.90 Å². The van der Waals surface area contributed by atoms with Gasteiger partial charge in [-0.1, -0.05) is 6.07 Å². The Labute approximate surface area is 186 Å². The molecule has 4 rings (SSSR count). The Morgan fingerprint density at radius 3 is 2.44 bits per heavy atom. The summed E-state index contributed by atoms with van der Waals surface area (Å²) in [5, 5.41) is 19.3. The molecule has 2 atom stereocenters. The third-order valence-electron chi connectivity index (χ3n) is 5.73. The molecule has 2 aliphatic heterocycles. The van der Waals surface area contributed by atoms with Crippen LogP contribution in [0.3, 0.4) is 0 Å². The molecule has 2 saturated heterocycles. The number of rotatable bonds is 4. The van der Waals surface area contributed by atoms with Gasteiger partial charge in [0, 0.05) is 49.4 Å². The first-order valence-electron chi connectivity index (χ1n) is 9.92. The summed E-state index contributed by atoms with van der Waals surface area (Å²) in [5.41, 5.74) is -0.691. The fraction of sp³-hybridized carbons (Fsp3) is 0.500. The van der Waals surface area contributed by atoms with Crippen molar-refractivity contribution in [3.8, 4) is 0 Å². The standard InChI is InChI=1S/C18H22N4O2S.C2HF3O2/c23-16(24)18-5-2-8-21(12-15-4-1-9-25-15)10-14(18)11-22(13-18)17-19-6-3-7-20-17;3-2(4,5)1(6)7/h1,3-4,6-7,9,14H,2,5,8,10-13H2,(H,23,24);(H,6,7)/t14-,18-;/m0./s1. The van der Waals surface area contributed by atoms with Crippen LogP contribution in [-0.2, 0) is 16.1 Å². The monoisotopic (exact) mass is 472 g/mol. The number of fused-ring (bicyclic) bond motifs is 1. The zero-order valence-corrected chi connectivity index (χ0v) is 17.8. The summed E-state index contributed by atoms with van der Waals surface area (Å²) in [6.45, 7) is 3.89. The SMILES string of the molecule is O=C(O)C(F)(F)F.O=C(O)[C@]12CCCN(Cc3cccs3)C[C@H]1CN(c1ncccn1)C2. The van der Waals surface area contributed by atoms with Gasteiger partial charge in [0.1, 0.15) is 0 Å². The summed E-state index contributed by atoms with van der Waals surface area (Å²) in [4.78, 5) is 35.6. The minimum Gasteiger partial charge on any atom is -0.481 e. The van der Waals surface area contributed by atoms with Crippen LogP contribution < -0.4 is 4.90 Å². The first-order valence-corrected chi connectivity index (χ1v) is 10.8. The van der Waals surface area contributed by atoms with Crippen LogP contribution in [0.25, 0.3) is 0 Å². The summed E-state index contributed by atoms with van der Waals surface area (Å²) in [7, 11) is 0. The van der Waals surface area contributed by atoms with Gasteiger partial charge in [-0.05, 0) is 36.9 Å². The van der Waals surface area contributed by atoms with E-state index < -0.39 is 23.5 Å². The highest BCUT2D eigenvalue weighted by Gasteiger charge is 2.53. The molecule has 0 bridgehead atoms. The maximum Gasteiger partial charge on any atom is 0.490 e. The van der Waals surface area contributed by atoms with Gasteiger partial charge in [0.05, 0.1) is 5.41 Å². The Hall–Kier alpha value is -2.73. The molecule has 0 unspecified atom stereocenters. The predicted molar refractivity (Wildman–Crippen MR) is 110 cm³/mol. The lowest BCUT2D eigenvalue weighted by molar-refractivity contribution is -0.192. The zero-order chi connectivity index (χ0) is 23.4. The topological polar surface area (TPSA) is 107 Å². The minimum atomic E-state index is -5.08. The van der Waals surface area contributed by atoms with Gasteiger partial charge in [0.2, 0.25) is 5.95 Å². The molecule has 2 fully saturated rings. The second-order valence-corrected chi connectivity index (χ2v) is 8.84. The van der Waals surface area contributed by atoms with Gasteiger partial charge in [-0.15, -0.1) is 11.3 Å². The van der Waals surface area contributed by atoms with E-state index in [9.17, 15) is 23.1 Å². The fourth-order valence-electron chi connectivity index (χ4n) is 4.23. The quantitative estimate of drug-likeness (QED) is 0.700. The maximum absolute atomic E-state index is 12.2. The lowest BCUT2D eigenvalue weighted by Crippen LogP contribution is -2.41. The van der Waals surface area contributed by atoms with Crippen LogP contribution in [0, 0.1) is 11.3 Å². The zero-order valence-electron chi connectivity index (χ0n) is 17.0. The average Bonchev–Trinajstić information content (AvgIpc) is 3.34. The molecule has 0 saturated carbocycles. The average molecular weight is 472 g/mol. The third-order valence-corrected chi connectivity index (χ3v) is 6.60. The fourth-order valence-corrected chi connectivity index (χ4v) is 4.98. The molecule has 2 aliphatic rings. The molecule has 0 spiro atoms. The van der Waals surface area contributed by atoms with Crippen LogP contribution in [0.5, 0.6) is 0 Å². The van der Waals surface area contributed by atoms with Crippen LogP contribution >= 0.6 is 11.3 Å². The molecule has 0 aliphatic carbocycles. The van der Waals surface area contributed by atoms with Crippen molar-refractivity contribution >= 4 is 29.2 Å². The number of carboxylic acids is 2. The van der Waals surface area contributed by atoms with Crippen molar-refractivity contribution in [3.05, 3.63) is 40.8 Å². The van der Waals surface area contributed by atoms with E-state index in [1.807, 2.05) is 4.90 Å². The van der Waals surface area contributed by atoms with Crippen molar-refractivity contribution < 1.29 is 33.0 Å². The molecule has 0 radical (unpaired) electrons. The molecule has 2 N–H and O–H groups in total. The highest BCUT2D eigenvalue weighted by Crippen LogP contribution is 2.44. The van der Waals surface area contributed by atoms with Crippen molar-refractivity contribution in [2.45, 2.75) is 25.6 Å². The largest absolute Gasteiger partial charge is 0.490 e. The van der Waals surface area contributed by atoms with E-state index in [-0.39, 0.29) is 5.92 Å². The number of hydrogen-bond acceptors (Lipinski definition) is 7. The van der Waals surface area contributed by atoms with E-state index in [0.29, 0.717) is 19.0 Å². The van der Waals surface area contributed by atoms with Gasteiger partial charge >= 0.3 is 18.1 Å². The number of carbonyl (C=O) groups is 2. The van der Waals surface area contributed by atoms with Gasteiger partial charge < -0.3 is 15.1 Å². The van der Waals surface area contributed by atoms with E-state index in [2.05, 4.69) is 32.4 Å². The van der Waals surface area contributed by atoms with Crippen LogP contribution in [-0.4, -0.2) is 69.4 Å². The molecule has 8 nitrogen and oxygen atoms in total. The predicted octanol–water partition coefficient (Wildman–Crippen LogP) is 2.97. The Bertz CT molecular complexity index is 913. The molecule has 0 aromatic carbocycles. The summed E-state index contributed by atoms with van der Waals surface area (Å²) in [5.74, 6) is -2.70. The van der Waals surface area contributed by atoms with Crippen molar-refractivity contribution in [1.82, 2.24) is 14.9 Å². The first kappa shape index (κ1) is 23.9. The molecule has 4 heterocycles. The Kier molecular flexibility index (Phi) is 7.34. The number of aromatic nitrogens is 2. The smallest absolute Gasteiger partial charge is 0.481 e. The number of likely N-dealkylation sites (tertiary alicyclic amines) is 1. The second-order valence-electron chi connectivity index (χ2n) is 7.81. The van der Waals surface area contributed by atoms with E-state index in [0.717, 1.165) is 32.5 Å². The number of alkyl halides is 3. The number of carboxylic acid groups (broad SMARTS) is 2. The van der Waals surface area contributed by atoms with Gasteiger partial charge in [-0.2, -0.15) is 13.2 Å². The number of anilines is 1. The molecular formula is C20H23F3N4O4S. The lowest BCUT2D eigenvalue weighted by Gasteiger charge is -2.29. The summed E-state index contributed by atoms with van der Waals surface area (Å²) < 4.78 is 31.7. The molecular weight excluding hydrogens is 449 g/mol. The van der Waals surface area contributed by atoms with Crippen LogP contribution in [0.1, 0.15) is 17.7 Å². The van der Waals surface area contributed by atoms with Crippen LogP contribution in [0.2, 0.25) is 0 Å². The molecule has 32 heavy (non-hydrogen) atoms. The highest BCUT2D eigenvalue weighted by atomic mass is 32.1. The Morgan fingerprint density at radius 1 is 1.19 bits per heavy atom.